The minimum absolute atomic E-state index is 0.0747. The van der Waals surface area contributed by atoms with Crippen molar-refractivity contribution in [1.29, 1.82) is 0 Å². The lowest BCUT2D eigenvalue weighted by Crippen LogP contribution is -2.44. The minimum Gasteiger partial charge on any atom is -0.391 e. The average molecular weight is 243 g/mol. The van der Waals surface area contributed by atoms with Gasteiger partial charge in [-0.25, -0.2) is 8.42 Å². The van der Waals surface area contributed by atoms with Crippen LogP contribution in [0, 0.1) is 17.8 Å². The number of aliphatic hydroxyl groups is 1. The van der Waals surface area contributed by atoms with Crippen molar-refractivity contribution in [1.82, 2.24) is 4.31 Å². The SMILES string of the molecule is O=S(=O)(C1CC1)N1CC2CC3CC2C1C3O. The van der Waals surface area contributed by atoms with Gasteiger partial charge < -0.3 is 5.11 Å². The van der Waals surface area contributed by atoms with E-state index >= 15 is 0 Å². The number of hydrogen-bond acceptors (Lipinski definition) is 3. The maximum atomic E-state index is 12.3. The highest BCUT2D eigenvalue weighted by Gasteiger charge is 2.62. The van der Waals surface area contributed by atoms with Crippen molar-refractivity contribution in [2.24, 2.45) is 17.8 Å². The van der Waals surface area contributed by atoms with Gasteiger partial charge in [-0.05, 0) is 43.4 Å². The van der Waals surface area contributed by atoms with Crippen LogP contribution in [0.15, 0.2) is 0 Å². The molecule has 0 aromatic carbocycles. The van der Waals surface area contributed by atoms with Crippen LogP contribution >= 0.6 is 0 Å². The van der Waals surface area contributed by atoms with E-state index in [2.05, 4.69) is 0 Å². The van der Waals surface area contributed by atoms with Crippen LogP contribution in [0.25, 0.3) is 0 Å². The Morgan fingerprint density at radius 1 is 1.12 bits per heavy atom. The van der Waals surface area contributed by atoms with Gasteiger partial charge in [0, 0.05) is 6.54 Å². The van der Waals surface area contributed by atoms with Crippen molar-refractivity contribution in [3.05, 3.63) is 0 Å². The zero-order chi connectivity index (χ0) is 11.1. The molecule has 4 nitrogen and oxygen atoms in total. The Bertz CT molecular complexity index is 429. The molecule has 3 aliphatic carbocycles. The normalized spacial score (nSPS) is 51.4. The molecule has 3 saturated carbocycles. The summed E-state index contributed by atoms with van der Waals surface area (Å²) in [6.07, 6.45) is 3.34. The van der Waals surface area contributed by atoms with Crippen LogP contribution < -0.4 is 0 Å². The van der Waals surface area contributed by atoms with Crippen LogP contribution in [0.3, 0.4) is 0 Å². The Kier molecular flexibility index (Phi) is 1.73. The van der Waals surface area contributed by atoms with Crippen molar-refractivity contribution in [3.63, 3.8) is 0 Å². The molecule has 4 rings (SSSR count). The summed E-state index contributed by atoms with van der Waals surface area (Å²) in [5.41, 5.74) is 0. The van der Waals surface area contributed by atoms with Gasteiger partial charge >= 0.3 is 0 Å². The summed E-state index contributed by atoms with van der Waals surface area (Å²) in [4.78, 5) is 0. The highest BCUT2D eigenvalue weighted by atomic mass is 32.2. The van der Waals surface area contributed by atoms with Crippen molar-refractivity contribution >= 4 is 10.0 Å². The second-order valence-corrected chi connectivity index (χ2v) is 8.12. The van der Waals surface area contributed by atoms with Gasteiger partial charge in [-0.3, -0.25) is 0 Å². The Morgan fingerprint density at radius 3 is 2.50 bits per heavy atom. The highest BCUT2D eigenvalue weighted by Crippen LogP contribution is 2.56. The molecule has 0 amide bonds. The molecule has 5 heteroatoms. The lowest BCUT2D eigenvalue weighted by Gasteiger charge is -2.28. The molecule has 5 unspecified atom stereocenters. The smallest absolute Gasteiger partial charge is 0.217 e. The molecule has 2 bridgehead atoms. The molecule has 0 radical (unpaired) electrons. The summed E-state index contributed by atoms with van der Waals surface area (Å²) < 4.78 is 26.2. The quantitative estimate of drug-likeness (QED) is 0.752. The van der Waals surface area contributed by atoms with E-state index in [9.17, 15) is 13.5 Å². The summed E-state index contributed by atoms with van der Waals surface area (Å²) in [6, 6.07) is -0.0747. The highest BCUT2D eigenvalue weighted by molar-refractivity contribution is 7.90. The number of hydrogen-bond donors (Lipinski definition) is 1. The Balaban J connectivity index is 1.72. The van der Waals surface area contributed by atoms with Crippen LogP contribution in [0.4, 0.5) is 0 Å². The fraction of sp³-hybridized carbons (Fsp3) is 1.00. The maximum Gasteiger partial charge on any atom is 0.217 e. The molecule has 16 heavy (non-hydrogen) atoms. The molecular formula is C11H17NO3S. The van der Waals surface area contributed by atoms with E-state index in [1.807, 2.05) is 0 Å². The monoisotopic (exact) mass is 243 g/mol. The van der Waals surface area contributed by atoms with Crippen LogP contribution in [-0.2, 0) is 10.0 Å². The Hall–Kier alpha value is -0.130. The molecule has 5 atom stereocenters. The summed E-state index contributed by atoms with van der Waals surface area (Å²) in [5.74, 6) is 1.36. The predicted molar refractivity (Wildman–Crippen MR) is 58.1 cm³/mol. The van der Waals surface area contributed by atoms with E-state index in [1.54, 1.807) is 4.31 Å². The molecule has 90 valence electrons. The van der Waals surface area contributed by atoms with Crippen LogP contribution in [-0.4, -0.2) is 41.8 Å². The Morgan fingerprint density at radius 2 is 1.88 bits per heavy atom. The first-order chi connectivity index (χ1) is 7.59. The van der Waals surface area contributed by atoms with Gasteiger partial charge in [0.15, 0.2) is 0 Å². The van der Waals surface area contributed by atoms with E-state index in [0.29, 0.717) is 24.3 Å². The molecule has 1 saturated heterocycles. The number of aliphatic hydroxyl groups excluding tert-OH is 1. The van der Waals surface area contributed by atoms with Crippen LogP contribution in [0.5, 0.6) is 0 Å². The summed E-state index contributed by atoms with van der Waals surface area (Å²) in [7, 11) is -3.09. The van der Waals surface area contributed by atoms with Gasteiger partial charge in [-0.2, -0.15) is 4.31 Å². The van der Waals surface area contributed by atoms with Crippen molar-refractivity contribution < 1.29 is 13.5 Å². The summed E-state index contributed by atoms with van der Waals surface area (Å²) in [5, 5.41) is 10.0. The third-order valence-corrected chi connectivity index (χ3v) is 7.44. The topological polar surface area (TPSA) is 57.6 Å². The fourth-order valence-corrected chi connectivity index (χ4v) is 6.34. The zero-order valence-corrected chi connectivity index (χ0v) is 9.94. The number of nitrogens with zero attached hydrogens (tertiary/aromatic N) is 1. The average Bonchev–Trinajstić information content (AvgIpc) is 2.85. The molecule has 1 aliphatic heterocycles. The van der Waals surface area contributed by atoms with Gasteiger partial charge in [0.1, 0.15) is 0 Å². The van der Waals surface area contributed by atoms with Gasteiger partial charge in [-0.1, -0.05) is 0 Å². The molecule has 0 spiro atoms. The van der Waals surface area contributed by atoms with Crippen LogP contribution in [0.1, 0.15) is 25.7 Å². The lowest BCUT2D eigenvalue weighted by atomic mass is 9.88. The summed E-state index contributed by atoms with van der Waals surface area (Å²) in [6.45, 7) is 0.682. The minimum atomic E-state index is -3.09. The molecule has 1 N–H and O–H groups in total. The number of fused-ring (bicyclic) bond motifs is 1. The standard InChI is InChI=1S/C11H17NO3S/c13-11-6-3-7-5-12(10(11)9(7)4-6)16(14,15)8-1-2-8/h6-11,13H,1-5H2. The molecule has 0 aromatic heterocycles. The van der Waals surface area contributed by atoms with Gasteiger partial charge in [0.05, 0.1) is 17.4 Å². The van der Waals surface area contributed by atoms with E-state index in [1.165, 1.54) is 0 Å². The van der Waals surface area contributed by atoms with Crippen LogP contribution in [0.2, 0.25) is 0 Å². The fourth-order valence-electron chi connectivity index (χ4n) is 4.21. The third kappa shape index (κ3) is 1.05. The summed E-state index contributed by atoms with van der Waals surface area (Å²) >= 11 is 0. The first-order valence-electron chi connectivity index (χ1n) is 6.28. The molecule has 0 aromatic rings. The third-order valence-electron chi connectivity index (χ3n) is 5.08. The van der Waals surface area contributed by atoms with E-state index in [-0.39, 0.29) is 11.3 Å². The van der Waals surface area contributed by atoms with Crippen molar-refractivity contribution in [2.45, 2.75) is 43.1 Å². The van der Waals surface area contributed by atoms with E-state index in [4.69, 9.17) is 0 Å². The van der Waals surface area contributed by atoms with Gasteiger partial charge in [-0.15, -0.1) is 0 Å². The lowest BCUT2D eigenvalue weighted by molar-refractivity contribution is 0.0730. The molecule has 4 fully saturated rings. The first-order valence-corrected chi connectivity index (χ1v) is 7.78. The van der Waals surface area contributed by atoms with Crippen molar-refractivity contribution in [2.75, 3.05) is 6.54 Å². The first kappa shape index (κ1) is 9.85. The van der Waals surface area contributed by atoms with Gasteiger partial charge in [0.25, 0.3) is 0 Å². The van der Waals surface area contributed by atoms with Crippen molar-refractivity contribution in [3.8, 4) is 0 Å². The Labute approximate surface area is 95.7 Å². The molecule has 4 aliphatic rings. The number of rotatable bonds is 2. The second kappa shape index (κ2) is 2.82. The maximum absolute atomic E-state index is 12.3. The molecular weight excluding hydrogens is 226 g/mol. The zero-order valence-electron chi connectivity index (χ0n) is 9.12. The molecule has 1 heterocycles. The van der Waals surface area contributed by atoms with E-state index < -0.39 is 16.1 Å². The predicted octanol–water partition coefficient (Wildman–Crippen LogP) is 0.180. The largest absolute Gasteiger partial charge is 0.391 e. The van der Waals surface area contributed by atoms with E-state index in [0.717, 1.165) is 25.7 Å². The number of sulfonamides is 1. The second-order valence-electron chi connectivity index (χ2n) is 5.95. The van der Waals surface area contributed by atoms with Gasteiger partial charge in [0.2, 0.25) is 10.0 Å².